The van der Waals surface area contributed by atoms with Gasteiger partial charge in [-0.2, -0.15) is 0 Å². The largest absolute Gasteiger partial charge is 0.309 e. The molecule has 2 rings (SSSR count). The van der Waals surface area contributed by atoms with E-state index < -0.39 is 11.7 Å². The third-order valence-electron chi connectivity index (χ3n) is 2.86. The van der Waals surface area contributed by atoms with E-state index >= 15 is 0 Å². The predicted octanol–water partition coefficient (Wildman–Crippen LogP) is 4.39. The van der Waals surface area contributed by atoms with Gasteiger partial charge in [-0.05, 0) is 49.4 Å². The SMILES string of the molecule is CCN(C(=O)c1cc(Br)ccc1F)c1ccc(F)cc1. The Hall–Kier alpha value is -1.75. The zero-order chi connectivity index (χ0) is 14.7. The minimum Gasteiger partial charge on any atom is -0.309 e. The van der Waals surface area contributed by atoms with E-state index in [0.29, 0.717) is 16.7 Å². The fourth-order valence-electron chi connectivity index (χ4n) is 1.87. The van der Waals surface area contributed by atoms with Crippen molar-refractivity contribution in [2.24, 2.45) is 0 Å². The van der Waals surface area contributed by atoms with Crippen molar-refractivity contribution in [3.05, 3.63) is 64.1 Å². The molecule has 0 aliphatic rings. The molecule has 104 valence electrons. The number of amides is 1. The first-order chi connectivity index (χ1) is 9.52. The summed E-state index contributed by atoms with van der Waals surface area (Å²) in [6.07, 6.45) is 0. The Kier molecular flexibility index (Phi) is 4.49. The second-order valence-corrected chi connectivity index (χ2v) is 5.07. The normalized spacial score (nSPS) is 10.4. The van der Waals surface area contributed by atoms with Crippen molar-refractivity contribution in [1.29, 1.82) is 0 Å². The summed E-state index contributed by atoms with van der Waals surface area (Å²) >= 11 is 3.21. The summed E-state index contributed by atoms with van der Waals surface area (Å²) in [5.74, 6) is -1.43. The quantitative estimate of drug-likeness (QED) is 0.811. The molecule has 0 spiro atoms. The summed E-state index contributed by atoms with van der Waals surface area (Å²) in [7, 11) is 0. The average molecular weight is 340 g/mol. The van der Waals surface area contributed by atoms with Crippen molar-refractivity contribution in [2.45, 2.75) is 6.92 Å². The summed E-state index contributed by atoms with van der Waals surface area (Å²) in [5.41, 5.74) is 0.504. The van der Waals surface area contributed by atoms with Crippen LogP contribution in [0.4, 0.5) is 14.5 Å². The van der Waals surface area contributed by atoms with E-state index in [9.17, 15) is 13.6 Å². The maximum atomic E-state index is 13.8. The van der Waals surface area contributed by atoms with Crippen LogP contribution in [-0.2, 0) is 0 Å². The molecule has 0 bridgehead atoms. The molecule has 2 aromatic rings. The summed E-state index contributed by atoms with van der Waals surface area (Å²) in [6, 6.07) is 9.71. The molecule has 1 amide bonds. The zero-order valence-corrected chi connectivity index (χ0v) is 12.3. The molecule has 0 radical (unpaired) electrons. The van der Waals surface area contributed by atoms with E-state index in [1.807, 2.05) is 0 Å². The number of anilines is 1. The minimum absolute atomic E-state index is 0.0226. The number of carbonyl (C=O) groups is 1. The first kappa shape index (κ1) is 14.7. The Morgan fingerprint density at radius 2 is 1.80 bits per heavy atom. The number of hydrogen-bond donors (Lipinski definition) is 0. The van der Waals surface area contributed by atoms with Gasteiger partial charge in [0.25, 0.3) is 5.91 Å². The minimum atomic E-state index is -0.584. The van der Waals surface area contributed by atoms with Crippen molar-refractivity contribution in [1.82, 2.24) is 0 Å². The van der Waals surface area contributed by atoms with Crippen molar-refractivity contribution < 1.29 is 13.6 Å². The van der Waals surface area contributed by atoms with Crippen LogP contribution in [0.15, 0.2) is 46.9 Å². The molecule has 0 fully saturated rings. The Labute approximate surface area is 124 Å². The molecule has 0 N–H and O–H groups in total. The molecular weight excluding hydrogens is 328 g/mol. The topological polar surface area (TPSA) is 20.3 Å². The van der Waals surface area contributed by atoms with Gasteiger partial charge >= 0.3 is 0 Å². The zero-order valence-electron chi connectivity index (χ0n) is 10.7. The van der Waals surface area contributed by atoms with Gasteiger partial charge in [-0.3, -0.25) is 4.79 Å². The Bertz CT molecular complexity index is 628. The van der Waals surface area contributed by atoms with Crippen LogP contribution in [0.3, 0.4) is 0 Å². The standard InChI is InChI=1S/C15H12BrF2NO/c1-2-19(12-6-4-11(17)5-7-12)15(20)13-9-10(16)3-8-14(13)18/h3-9H,2H2,1H3. The molecule has 0 unspecified atom stereocenters. The smallest absolute Gasteiger partial charge is 0.261 e. The summed E-state index contributed by atoms with van der Waals surface area (Å²) in [6.45, 7) is 2.13. The molecule has 0 saturated carbocycles. The number of rotatable bonds is 3. The highest BCUT2D eigenvalue weighted by molar-refractivity contribution is 9.10. The van der Waals surface area contributed by atoms with Gasteiger partial charge < -0.3 is 4.90 Å². The molecule has 0 saturated heterocycles. The van der Waals surface area contributed by atoms with Crippen LogP contribution in [0.2, 0.25) is 0 Å². The van der Waals surface area contributed by atoms with Crippen molar-refractivity contribution in [2.75, 3.05) is 11.4 Å². The lowest BCUT2D eigenvalue weighted by molar-refractivity contribution is 0.0984. The molecule has 0 heterocycles. The maximum absolute atomic E-state index is 13.8. The first-order valence-electron chi connectivity index (χ1n) is 6.05. The van der Waals surface area contributed by atoms with Crippen LogP contribution in [0.5, 0.6) is 0 Å². The van der Waals surface area contributed by atoms with Crippen LogP contribution in [-0.4, -0.2) is 12.5 Å². The predicted molar refractivity (Wildman–Crippen MR) is 77.9 cm³/mol. The van der Waals surface area contributed by atoms with E-state index in [4.69, 9.17) is 0 Å². The molecule has 0 aliphatic heterocycles. The van der Waals surface area contributed by atoms with E-state index in [-0.39, 0.29) is 11.4 Å². The average Bonchev–Trinajstić information content (AvgIpc) is 2.44. The molecule has 0 aliphatic carbocycles. The lowest BCUT2D eigenvalue weighted by Crippen LogP contribution is -2.31. The van der Waals surface area contributed by atoms with Crippen LogP contribution in [0, 0.1) is 11.6 Å². The molecule has 2 nitrogen and oxygen atoms in total. The van der Waals surface area contributed by atoms with Gasteiger partial charge in [0.15, 0.2) is 0 Å². The molecular formula is C15H12BrF2NO. The van der Waals surface area contributed by atoms with Gasteiger partial charge in [0, 0.05) is 16.7 Å². The highest BCUT2D eigenvalue weighted by Crippen LogP contribution is 2.21. The molecule has 20 heavy (non-hydrogen) atoms. The Balaban J connectivity index is 2.38. The number of carbonyl (C=O) groups excluding carboxylic acids is 1. The monoisotopic (exact) mass is 339 g/mol. The summed E-state index contributed by atoms with van der Waals surface area (Å²) in [5, 5.41) is 0. The van der Waals surface area contributed by atoms with Gasteiger partial charge in [0.2, 0.25) is 0 Å². The van der Waals surface area contributed by atoms with Crippen molar-refractivity contribution in [3.8, 4) is 0 Å². The van der Waals surface area contributed by atoms with Crippen LogP contribution in [0.25, 0.3) is 0 Å². The third-order valence-corrected chi connectivity index (χ3v) is 3.35. The second kappa shape index (κ2) is 6.13. The fourth-order valence-corrected chi connectivity index (χ4v) is 2.23. The summed E-state index contributed by atoms with van der Waals surface area (Å²) in [4.78, 5) is 13.8. The van der Waals surface area contributed by atoms with Gasteiger partial charge in [-0.1, -0.05) is 15.9 Å². The lowest BCUT2D eigenvalue weighted by atomic mass is 10.1. The fraction of sp³-hybridized carbons (Fsp3) is 0.133. The maximum Gasteiger partial charge on any atom is 0.261 e. The number of halogens is 3. The van der Waals surface area contributed by atoms with Gasteiger partial charge in [-0.25, -0.2) is 8.78 Å². The molecule has 5 heteroatoms. The van der Waals surface area contributed by atoms with E-state index in [1.54, 1.807) is 6.92 Å². The second-order valence-electron chi connectivity index (χ2n) is 4.15. The molecule has 2 aromatic carbocycles. The highest BCUT2D eigenvalue weighted by Gasteiger charge is 2.19. The number of nitrogens with zero attached hydrogens (tertiary/aromatic N) is 1. The van der Waals surface area contributed by atoms with Gasteiger partial charge in [0.1, 0.15) is 11.6 Å². The molecule has 0 aromatic heterocycles. The van der Waals surface area contributed by atoms with Crippen molar-refractivity contribution >= 4 is 27.5 Å². The van der Waals surface area contributed by atoms with Crippen LogP contribution >= 0.6 is 15.9 Å². The Morgan fingerprint density at radius 3 is 2.40 bits per heavy atom. The Morgan fingerprint density at radius 1 is 1.15 bits per heavy atom. The van der Waals surface area contributed by atoms with E-state index in [2.05, 4.69) is 15.9 Å². The van der Waals surface area contributed by atoms with Gasteiger partial charge in [0.05, 0.1) is 5.56 Å². The van der Waals surface area contributed by atoms with Gasteiger partial charge in [-0.15, -0.1) is 0 Å². The van der Waals surface area contributed by atoms with Crippen LogP contribution < -0.4 is 4.90 Å². The third kappa shape index (κ3) is 3.04. The van der Waals surface area contributed by atoms with Crippen LogP contribution in [0.1, 0.15) is 17.3 Å². The molecule has 0 atom stereocenters. The number of hydrogen-bond acceptors (Lipinski definition) is 1. The van der Waals surface area contributed by atoms with E-state index in [1.165, 1.54) is 47.4 Å². The first-order valence-corrected chi connectivity index (χ1v) is 6.84. The van der Waals surface area contributed by atoms with Crippen molar-refractivity contribution in [3.63, 3.8) is 0 Å². The number of benzene rings is 2. The lowest BCUT2D eigenvalue weighted by Gasteiger charge is -2.21. The highest BCUT2D eigenvalue weighted by atomic mass is 79.9. The summed E-state index contributed by atoms with van der Waals surface area (Å²) < 4.78 is 27.3. The van der Waals surface area contributed by atoms with E-state index in [0.717, 1.165) is 0 Å².